The number of carbonyl (C=O) groups excluding carboxylic acids is 4. The zero-order chi connectivity index (χ0) is 21.7. The molecule has 2 atom stereocenters. The molecule has 2 aromatic rings. The number of anilines is 1. The first-order valence-electron chi connectivity index (χ1n) is 9.35. The minimum Gasteiger partial charge on any atom is -0.442 e. The maximum absolute atomic E-state index is 13.1. The SMILES string of the molecule is NC(=O)CC[C@H](N)C(=O)OCN1C(=O)C(c2ccccc2)N(c2ccccc2)C1=O. The molecule has 0 spiro atoms. The number of benzene rings is 2. The predicted molar refractivity (Wildman–Crippen MR) is 108 cm³/mol. The Bertz CT molecular complexity index is 877. The van der Waals surface area contributed by atoms with Crippen molar-refractivity contribution in [2.24, 2.45) is 11.5 Å². The van der Waals surface area contributed by atoms with Gasteiger partial charge in [-0.15, -0.1) is 0 Å². The molecule has 30 heavy (non-hydrogen) atoms. The molecule has 2 aromatic carbocycles. The number of primary amides is 1. The highest BCUT2D eigenvalue weighted by molar-refractivity contribution is 6.14. The average molecular weight is 410 g/mol. The Morgan fingerprint density at radius 2 is 1.60 bits per heavy atom. The number of para-hydroxylation sites is 1. The zero-order valence-corrected chi connectivity index (χ0v) is 16.1. The van der Waals surface area contributed by atoms with E-state index < -0.39 is 42.6 Å². The molecule has 9 heteroatoms. The van der Waals surface area contributed by atoms with E-state index in [2.05, 4.69) is 0 Å². The molecular weight excluding hydrogens is 388 g/mol. The Labute approximate surface area is 173 Å². The summed E-state index contributed by atoms with van der Waals surface area (Å²) in [6.07, 6.45) is -0.0610. The van der Waals surface area contributed by atoms with Gasteiger partial charge < -0.3 is 16.2 Å². The lowest BCUT2D eigenvalue weighted by Gasteiger charge is -2.22. The molecule has 1 aliphatic rings. The third-order valence-corrected chi connectivity index (χ3v) is 4.69. The summed E-state index contributed by atoms with van der Waals surface area (Å²) in [5, 5.41) is 0. The molecule has 0 radical (unpaired) electrons. The third kappa shape index (κ3) is 4.47. The molecule has 4 amide bonds. The number of amides is 4. The van der Waals surface area contributed by atoms with Crippen molar-refractivity contribution in [2.45, 2.75) is 24.9 Å². The molecule has 0 saturated carbocycles. The van der Waals surface area contributed by atoms with E-state index in [0.717, 1.165) is 4.90 Å². The smallest absolute Gasteiger partial charge is 0.335 e. The first-order chi connectivity index (χ1) is 14.4. The van der Waals surface area contributed by atoms with Crippen LogP contribution in [0.1, 0.15) is 24.4 Å². The Hall–Kier alpha value is -3.72. The summed E-state index contributed by atoms with van der Waals surface area (Å²) in [6, 6.07) is 15.0. The number of nitrogens with two attached hydrogens (primary N) is 2. The second kappa shape index (κ2) is 9.19. The highest BCUT2D eigenvalue weighted by atomic mass is 16.5. The third-order valence-electron chi connectivity index (χ3n) is 4.69. The Kier molecular flexibility index (Phi) is 6.43. The second-order valence-electron chi connectivity index (χ2n) is 6.77. The topological polar surface area (TPSA) is 136 Å². The monoisotopic (exact) mass is 410 g/mol. The van der Waals surface area contributed by atoms with E-state index in [-0.39, 0.29) is 12.8 Å². The van der Waals surface area contributed by atoms with E-state index in [0.29, 0.717) is 11.3 Å². The molecule has 3 rings (SSSR count). The van der Waals surface area contributed by atoms with Crippen LogP contribution in [-0.4, -0.2) is 41.5 Å². The second-order valence-corrected chi connectivity index (χ2v) is 6.77. The maximum atomic E-state index is 13.1. The molecule has 1 unspecified atom stereocenters. The minimum absolute atomic E-state index is 0.0127. The first-order valence-corrected chi connectivity index (χ1v) is 9.35. The fourth-order valence-corrected chi connectivity index (χ4v) is 3.14. The Morgan fingerprint density at radius 1 is 1.00 bits per heavy atom. The summed E-state index contributed by atoms with van der Waals surface area (Å²) in [5.74, 6) is -1.94. The van der Waals surface area contributed by atoms with E-state index in [1.54, 1.807) is 54.6 Å². The van der Waals surface area contributed by atoms with Crippen LogP contribution in [0.4, 0.5) is 10.5 Å². The molecule has 1 heterocycles. The molecule has 0 aromatic heterocycles. The van der Waals surface area contributed by atoms with E-state index in [1.807, 2.05) is 6.07 Å². The quantitative estimate of drug-likeness (QED) is 0.497. The normalized spacial score (nSPS) is 17.2. The van der Waals surface area contributed by atoms with Crippen molar-refractivity contribution in [1.29, 1.82) is 0 Å². The minimum atomic E-state index is -1.08. The van der Waals surface area contributed by atoms with Gasteiger partial charge in [-0.1, -0.05) is 48.5 Å². The van der Waals surface area contributed by atoms with Crippen LogP contribution >= 0.6 is 0 Å². The predicted octanol–water partition coefficient (Wildman–Crippen LogP) is 1.29. The lowest BCUT2D eigenvalue weighted by Crippen LogP contribution is -2.39. The van der Waals surface area contributed by atoms with Crippen molar-refractivity contribution >= 4 is 29.5 Å². The van der Waals surface area contributed by atoms with E-state index >= 15 is 0 Å². The van der Waals surface area contributed by atoms with E-state index in [1.165, 1.54) is 4.90 Å². The zero-order valence-electron chi connectivity index (χ0n) is 16.1. The summed E-state index contributed by atoms with van der Waals surface area (Å²) < 4.78 is 5.07. The maximum Gasteiger partial charge on any atom is 0.335 e. The number of hydrogen-bond acceptors (Lipinski definition) is 6. The number of hydrogen-bond donors (Lipinski definition) is 2. The van der Waals surface area contributed by atoms with Gasteiger partial charge in [0.25, 0.3) is 5.91 Å². The number of rotatable bonds is 8. The summed E-state index contributed by atoms with van der Waals surface area (Å²) in [7, 11) is 0. The van der Waals surface area contributed by atoms with Crippen LogP contribution in [0.15, 0.2) is 60.7 Å². The fraction of sp³-hybridized carbons (Fsp3) is 0.238. The molecule has 9 nitrogen and oxygen atoms in total. The Morgan fingerprint density at radius 3 is 2.20 bits per heavy atom. The molecule has 1 fully saturated rings. The van der Waals surface area contributed by atoms with Crippen LogP contribution in [0.3, 0.4) is 0 Å². The largest absolute Gasteiger partial charge is 0.442 e. The average Bonchev–Trinajstić information content (AvgIpc) is 3.01. The highest BCUT2D eigenvalue weighted by Crippen LogP contribution is 2.35. The van der Waals surface area contributed by atoms with Gasteiger partial charge in [-0.3, -0.25) is 19.3 Å². The summed E-state index contributed by atoms with van der Waals surface area (Å²) in [5.41, 5.74) is 11.9. The van der Waals surface area contributed by atoms with Crippen LogP contribution in [0, 0.1) is 0 Å². The molecule has 1 saturated heterocycles. The molecular formula is C21H22N4O5. The van der Waals surface area contributed by atoms with Gasteiger partial charge in [0.2, 0.25) is 5.91 Å². The van der Waals surface area contributed by atoms with Crippen LogP contribution in [-0.2, 0) is 19.1 Å². The number of urea groups is 1. The van der Waals surface area contributed by atoms with Gasteiger partial charge in [-0.05, 0) is 24.1 Å². The number of ether oxygens (including phenoxy) is 1. The highest BCUT2D eigenvalue weighted by Gasteiger charge is 2.47. The van der Waals surface area contributed by atoms with Crippen LogP contribution in [0.2, 0.25) is 0 Å². The van der Waals surface area contributed by atoms with Gasteiger partial charge in [-0.2, -0.15) is 0 Å². The van der Waals surface area contributed by atoms with Gasteiger partial charge >= 0.3 is 12.0 Å². The fourth-order valence-electron chi connectivity index (χ4n) is 3.14. The van der Waals surface area contributed by atoms with Gasteiger partial charge in [0, 0.05) is 12.1 Å². The number of esters is 1. The summed E-state index contributed by atoms with van der Waals surface area (Å²) in [4.78, 5) is 51.2. The number of imide groups is 1. The van der Waals surface area contributed by atoms with Gasteiger partial charge in [0.15, 0.2) is 6.73 Å². The van der Waals surface area contributed by atoms with Crippen molar-refractivity contribution in [3.8, 4) is 0 Å². The van der Waals surface area contributed by atoms with Crippen molar-refractivity contribution < 1.29 is 23.9 Å². The standard InChI is InChI=1S/C21H22N4O5/c22-16(11-12-17(23)26)20(28)30-13-24-19(27)18(14-7-3-1-4-8-14)25(21(24)29)15-9-5-2-6-10-15/h1-10,16,18H,11-13,22H2,(H2,23,26)/t16-,18?/m0/s1. The lowest BCUT2D eigenvalue weighted by atomic mass is 10.1. The van der Waals surface area contributed by atoms with Crippen LogP contribution in [0.25, 0.3) is 0 Å². The van der Waals surface area contributed by atoms with Crippen molar-refractivity contribution in [2.75, 3.05) is 11.6 Å². The molecule has 4 N–H and O–H groups in total. The lowest BCUT2D eigenvalue weighted by molar-refractivity contribution is -0.151. The molecule has 156 valence electrons. The molecule has 0 bridgehead atoms. The summed E-state index contributed by atoms with van der Waals surface area (Å²) in [6.45, 7) is -0.576. The van der Waals surface area contributed by atoms with E-state index in [4.69, 9.17) is 16.2 Å². The van der Waals surface area contributed by atoms with Crippen LogP contribution < -0.4 is 16.4 Å². The Balaban J connectivity index is 1.79. The van der Waals surface area contributed by atoms with E-state index in [9.17, 15) is 19.2 Å². The van der Waals surface area contributed by atoms with Gasteiger partial charge in [-0.25, -0.2) is 9.69 Å². The molecule has 1 aliphatic heterocycles. The van der Waals surface area contributed by atoms with Crippen molar-refractivity contribution in [1.82, 2.24) is 4.90 Å². The van der Waals surface area contributed by atoms with Crippen molar-refractivity contribution in [3.63, 3.8) is 0 Å². The molecule has 0 aliphatic carbocycles. The first kappa shape index (κ1) is 21.0. The van der Waals surface area contributed by atoms with Gasteiger partial charge in [0.05, 0.1) is 0 Å². The van der Waals surface area contributed by atoms with Gasteiger partial charge in [0.1, 0.15) is 12.1 Å². The summed E-state index contributed by atoms with van der Waals surface area (Å²) >= 11 is 0. The number of nitrogens with zero attached hydrogens (tertiary/aromatic N) is 2. The number of carbonyl (C=O) groups is 4. The van der Waals surface area contributed by atoms with Crippen LogP contribution in [0.5, 0.6) is 0 Å². The van der Waals surface area contributed by atoms with Crippen molar-refractivity contribution in [3.05, 3.63) is 66.2 Å².